The molecule has 1 amide bonds. The van der Waals surface area contributed by atoms with Crippen molar-refractivity contribution in [2.75, 3.05) is 39.8 Å². The van der Waals surface area contributed by atoms with Gasteiger partial charge < -0.3 is 15.2 Å². The predicted octanol–water partition coefficient (Wildman–Crippen LogP) is 1.36. The maximum Gasteiger partial charge on any atom is 0.317 e. The van der Waals surface area contributed by atoms with E-state index in [1.807, 2.05) is 50.1 Å². The number of aryl methyl sites for hydroxylation is 1. The number of piperidine rings is 1. The van der Waals surface area contributed by atoms with Gasteiger partial charge in [0.25, 0.3) is 0 Å². The van der Waals surface area contributed by atoms with Gasteiger partial charge >= 0.3 is 5.97 Å². The second kappa shape index (κ2) is 10.3. The van der Waals surface area contributed by atoms with Crippen molar-refractivity contribution in [3.8, 4) is 5.75 Å². The molecule has 1 atom stereocenters. The first-order valence-electron chi connectivity index (χ1n) is 9.50. The Kier molecular flexibility index (Phi) is 8.06. The molecule has 0 spiro atoms. The molecule has 1 aliphatic heterocycles. The van der Waals surface area contributed by atoms with Crippen molar-refractivity contribution in [2.45, 2.75) is 38.8 Å². The number of amides is 1. The van der Waals surface area contributed by atoms with E-state index in [1.165, 1.54) is 0 Å². The van der Waals surface area contributed by atoms with Gasteiger partial charge in [0, 0.05) is 19.1 Å². The van der Waals surface area contributed by atoms with Crippen LogP contribution in [0.15, 0.2) is 24.3 Å². The zero-order valence-corrected chi connectivity index (χ0v) is 16.5. The minimum Gasteiger partial charge on any atom is -0.492 e. The van der Waals surface area contributed by atoms with Crippen molar-refractivity contribution in [3.63, 3.8) is 0 Å². The number of hydrogen-bond acceptors (Lipinski definition) is 5. The van der Waals surface area contributed by atoms with Crippen LogP contribution < -0.4 is 10.1 Å². The largest absolute Gasteiger partial charge is 0.492 e. The molecule has 0 aliphatic carbocycles. The van der Waals surface area contributed by atoms with Crippen LogP contribution in [0.5, 0.6) is 5.75 Å². The van der Waals surface area contributed by atoms with E-state index >= 15 is 0 Å². The summed E-state index contributed by atoms with van der Waals surface area (Å²) < 4.78 is 5.65. The number of carbonyl (C=O) groups excluding carboxylic acids is 1. The first-order chi connectivity index (χ1) is 12.9. The van der Waals surface area contributed by atoms with Crippen LogP contribution in [-0.2, 0) is 9.59 Å². The number of ether oxygens (including phenoxy) is 1. The highest BCUT2D eigenvalue weighted by Gasteiger charge is 2.28. The second-order valence-corrected chi connectivity index (χ2v) is 7.21. The average Bonchev–Trinajstić information content (AvgIpc) is 2.64. The summed E-state index contributed by atoms with van der Waals surface area (Å²) in [5.41, 5.74) is 1.14. The molecule has 1 aromatic carbocycles. The Morgan fingerprint density at radius 1 is 1.37 bits per heavy atom. The van der Waals surface area contributed by atoms with Crippen molar-refractivity contribution in [1.82, 2.24) is 15.1 Å². The molecule has 7 nitrogen and oxygen atoms in total. The van der Waals surface area contributed by atoms with Crippen molar-refractivity contribution in [3.05, 3.63) is 29.8 Å². The fourth-order valence-electron chi connectivity index (χ4n) is 3.42. The molecular formula is C20H31N3O4. The number of likely N-dealkylation sites (tertiary alicyclic amines) is 1. The fourth-order valence-corrected chi connectivity index (χ4v) is 3.42. The number of aliphatic carboxylic acids is 1. The Bertz CT molecular complexity index is 629. The minimum absolute atomic E-state index is 0.000169. The lowest BCUT2D eigenvalue weighted by Gasteiger charge is -2.38. The highest BCUT2D eigenvalue weighted by molar-refractivity contribution is 5.81. The number of carbonyl (C=O) groups is 2. The maximum atomic E-state index is 12.4. The summed E-state index contributed by atoms with van der Waals surface area (Å²) in [4.78, 5) is 27.2. The van der Waals surface area contributed by atoms with E-state index in [1.54, 1.807) is 0 Å². The lowest BCUT2D eigenvalue weighted by atomic mass is 10.0. The van der Waals surface area contributed by atoms with Gasteiger partial charge in [-0.3, -0.25) is 19.4 Å². The maximum absolute atomic E-state index is 12.4. The number of nitrogens with one attached hydrogen (secondary N) is 1. The van der Waals surface area contributed by atoms with Crippen LogP contribution in [0, 0.1) is 6.92 Å². The molecular weight excluding hydrogens is 346 g/mol. The molecule has 0 radical (unpaired) electrons. The smallest absolute Gasteiger partial charge is 0.317 e. The SMILES string of the molecule is Cc1cccc(OCCNC(=O)C(C)N2CCC(N(C)CC(=O)O)CC2)c1. The van der Waals surface area contributed by atoms with Crippen LogP contribution in [0.4, 0.5) is 0 Å². The number of likely N-dealkylation sites (N-methyl/N-ethyl adjacent to an activating group) is 1. The summed E-state index contributed by atoms with van der Waals surface area (Å²) in [5, 5.41) is 11.8. The van der Waals surface area contributed by atoms with Crippen LogP contribution >= 0.6 is 0 Å². The summed E-state index contributed by atoms with van der Waals surface area (Å²) in [6.45, 7) is 6.48. The Hall–Kier alpha value is -2.12. The highest BCUT2D eigenvalue weighted by atomic mass is 16.5. The molecule has 27 heavy (non-hydrogen) atoms. The lowest BCUT2D eigenvalue weighted by molar-refractivity contribution is -0.138. The second-order valence-electron chi connectivity index (χ2n) is 7.21. The number of rotatable bonds is 9. The van der Waals surface area contributed by atoms with E-state index < -0.39 is 5.97 Å². The minimum atomic E-state index is -0.805. The Balaban J connectivity index is 1.67. The molecule has 1 unspecified atom stereocenters. The Labute approximate surface area is 161 Å². The molecule has 1 heterocycles. The van der Waals surface area contributed by atoms with Gasteiger partial charge in [0.1, 0.15) is 12.4 Å². The summed E-state index contributed by atoms with van der Waals surface area (Å²) >= 11 is 0. The molecule has 150 valence electrons. The highest BCUT2D eigenvalue weighted by Crippen LogP contribution is 2.17. The molecule has 0 bridgehead atoms. The van der Waals surface area contributed by atoms with E-state index in [4.69, 9.17) is 9.84 Å². The van der Waals surface area contributed by atoms with Crippen LogP contribution in [0.25, 0.3) is 0 Å². The third-order valence-electron chi connectivity index (χ3n) is 5.09. The van der Waals surface area contributed by atoms with Crippen molar-refractivity contribution >= 4 is 11.9 Å². The summed E-state index contributed by atoms with van der Waals surface area (Å²) in [5.74, 6) is 0.00518. The molecule has 2 rings (SSSR count). The third-order valence-corrected chi connectivity index (χ3v) is 5.09. The van der Waals surface area contributed by atoms with E-state index in [2.05, 4.69) is 10.2 Å². The first kappa shape index (κ1) is 21.2. The number of benzene rings is 1. The first-order valence-corrected chi connectivity index (χ1v) is 9.50. The van der Waals surface area contributed by atoms with Crippen molar-refractivity contribution in [2.24, 2.45) is 0 Å². The van der Waals surface area contributed by atoms with Gasteiger partial charge in [-0.05, 0) is 51.4 Å². The molecule has 0 aromatic heterocycles. The van der Waals surface area contributed by atoms with E-state index in [-0.39, 0.29) is 24.5 Å². The quantitative estimate of drug-likeness (QED) is 0.633. The fraction of sp³-hybridized carbons (Fsp3) is 0.600. The molecule has 0 saturated carbocycles. The van der Waals surface area contributed by atoms with Crippen molar-refractivity contribution in [1.29, 1.82) is 0 Å². The van der Waals surface area contributed by atoms with Crippen LogP contribution in [0.3, 0.4) is 0 Å². The van der Waals surface area contributed by atoms with Crippen LogP contribution in [0.1, 0.15) is 25.3 Å². The molecule has 1 fully saturated rings. The number of hydrogen-bond donors (Lipinski definition) is 2. The van der Waals surface area contributed by atoms with E-state index in [0.29, 0.717) is 13.2 Å². The topological polar surface area (TPSA) is 82.1 Å². The van der Waals surface area contributed by atoms with Gasteiger partial charge in [-0.1, -0.05) is 12.1 Å². The molecule has 1 aliphatic rings. The van der Waals surface area contributed by atoms with Crippen LogP contribution in [0.2, 0.25) is 0 Å². The normalized spacial score (nSPS) is 16.9. The van der Waals surface area contributed by atoms with E-state index in [9.17, 15) is 9.59 Å². The summed E-state index contributed by atoms with van der Waals surface area (Å²) in [6.07, 6.45) is 1.75. The summed E-state index contributed by atoms with van der Waals surface area (Å²) in [6, 6.07) is 7.89. The van der Waals surface area contributed by atoms with Gasteiger partial charge in [-0.25, -0.2) is 0 Å². The summed E-state index contributed by atoms with van der Waals surface area (Å²) in [7, 11) is 1.85. The molecule has 1 saturated heterocycles. The Morgan fingerprint density at radius 2 is 2.07 bits per heavy atom. The molecule has 1 aromatic rings. The number of carboxylic acid groups (broad SMARTS) is 1. The van der Waals surface area contributed by atoms with Gasteiger partial charge in [-0.2, -0.15) is 0 Å². The standard InChI is InChI=1S/C20H31N3O4/c1-15-5-4-6-18(13-15)27-12-9-21-20(26)16(2)23-10-7-17(8-11-23)22(3)14-19(24)25/h4-6,13,16-17H,7-12,14H2,1-3H3,(H,21,26)(H,24,25). The van der Waals surface area contributed by atoms with Gasteiger partial charge in [0.05, 0.1) is 19.1 Å². The molecule has 2 N–H and O–H groups in total. The van der Waals surface area contributed by atoms with Gasteiger partial charge in [0.15, 0.2) is 0 Å². The number of carboxylic acids is 1. The number of nitrogens with zero attached hydrogens (tertiary/aromatic N) is 2. The zero-order chi connectivity index (χ0) is 19.8. The van der Waals surface area contributed by atoms with Crippen molar-refractivity contribution < 1.29 is 19.4 Å². The third kappa shape index (κ3) is 6.84. The van der Waals surface area contributed by atoms with Gasteiger partial charge in [-0.15, -0.1) is 0 Å². The predicted molar refractivity (Wildman–Crippen MR) is 104 cm³/mol. The van der Waals surface area contributed by atoms with E-state index in [0.717, 1.165) is 37.2 Å². The Morgan fingerprint density at radius 3 is 2.70 bits per heavy atom. The van der Waals surface area contributed by atoms with Crippen LogP contribution in [-0.4, -0.2) is 78.7 Å². The molecule has 7 heteroatoms. The average molecular weight is 377 g/mol. The van der Waals surface area contributed by atoms with Gasteiger partial charge in [0.2, 0.25) is 5.91 Å². The zero-order valence-electron chi connectivity index (χ0n) is 16.5. The monoisotopic (exact) mass is 377 g/mol. The lowest BCUT2D eigenvalue weighted by Crippen LogP contribution is -2.52.